The third kappa shape index (κ3) is 2.12. The lowest BCUT2D eigenvalue weighted by Crippen LogP contribution is -2.64. The van der Waals surface area contributed by atoms with E-state index in [1.165, 1.54) is 32.1 Å². The Balaban J connectivity index is 1.81. The number of thiocarbonyl (C=S) groups is 1. The Bertz CT molecular complexity index is 543. The van der Waals surface area contributed by atoms with Gasteiger partial charge in [0.25, 0.3) is 0 Å². The summed E-state index contributed by atoms with van der Waals surface area (Å²) in [5.74, 6) is 3.04. The van der Waals surface area contributed by atoms with Crippen LogP contribution in [0.5, 0.6) is 0 Å². The van der Waals surface area contributed by atoms with Gasteiger partial charge in [0, 0.05) is 10.7 Å². The number of pyridine rings is 1. The maximum Gasteiger partial charge on any atom is 0.164 e. The summed E-state index contributed by atoms with van der Waals surface area (Å²) < 4.78 is 1.01. The van der Waals surface area contributed by atoms with Crippen molar-refractivity contribution < 1.29 is 0 Å². The first-order valence-electron chi connectivity index (χ1n) is 7.77. The smallest absolute Gasteiger partial charge is 0.164 e. The van der Waals surface area contributed by atoms with E-state index in [0.29, 0.717) is 16.9 Å². The molecule has 1 aromatic rings. The minimum absolute atomic E-state index is 0.139. The maximum atomic E-state index is 5.91. The summed E-state index contributed by atoms with van der Waals surface area (Å²) in [6, 6.07) is 4.22. The normalized spacial score (nSPS) is 40.2. The zero-order valence-corrected chi connectivity index (χ0v) is 14.3. The van der Waals surface area contributed by atoms with Gasteiger partial charge < -0.3 is 11.1 Å². The van der Waals surface area contributed by atoms with Crippen molar-refractivity contribution in [2.75, 3.05) is 0 Å². The summed E-state index contributed by atoms with van der Waals surface area (Å²) in [5.41, 5.74) is 6.89. The molecule has 0 aliphatic heterocycles. The quantitative estimate of drug-likeness (QED) is 0.789. The fourth-order valence-corrected chi connectivity index (χ4v) is 5.84. The van der Waals surface area contributed by atoms with Gasteiger partial charge in [-0.3, -0.25) is 4.98 Å². The largest absolute Gasteiger partial charge is 0.376 e. The zero-order chi connectivity index (χ0) is 14.6. The van der Waals surface area contributed by atoms with E-state index in [-0.39, 0.29) is 5.54 Å². The summed E-state index contributed by atoms with van der Waals surface area (Å²) in [5, 5.41) is 3.91. The molecule has 4 aliphatic carbocycles. The summed E-state index contributed by atoms with van der Waals surface area (Å²) in [6.45, 7) is 0. The van der Waals surface area contributed by atoms with E-state index >= 15 is 0 Å². The molecule has 0 unspecified atom stereocenters. The summed E-state index contributed by atoms with van der Waals surface area (Å²) in [6.07, 6.45) is 8.49. The van der Waals surface area contributed by atoms with Crippen molar-refractivity contribution in [1.29, 1.82) is 0 Å². The maximum absolute atomic E-state index is 5.91. The van der Waals surface area contributed by atoms with Gasteiger partial charge in [0.15, 0.2) is 5.11 Å². The van der Waals surface area contributed by atoms with Gasteiger partial charge in [0.1, 0.15) is 0 Å². The van der Waals surface area contributed by atoms with Gasteiger partial charge in [-0.25, -0.2) is 0 Å². The predicted octanol–water partition coefficient (Wildman–Crippen LogP) is 3.33. The average molecular weight is 366 g/mol. The van der Waals surface area contributed by atoms with E-state index in [2.05, 4.69) is 33.4 Å². The molecule has 112 valence electrons. The number of hydrogen-bond acceptors (Lipinski definition) is 2. The van der Waals surface area contributed by atoms with Crippen molar-refractivity contribution >= 4 is 33.3 Å². The van der Waals surface area contributed by atoms with E-state index in [9.17, 15) is 0 Å². The first-order valence-corrected chi connectivity index (χ1v) is 8.97. The van der Waals surface area contributed by atoms with E-state index in [1.807, 2.05) is 6.20 Å². The van der Waals surface area contributed by atoms with Crippen molar-refractivity contribution in [2.24, 2.45) is 29.4 Å². The Morgan fingerprint density at radius 1 is 1.19 bits per heavy atom. The highest BCUT2D eigenvalue weighted by atomic mass is 79.9. The second-order valence-electron chi connectivity index (χ2n) is 7.02. The molecule has 0 radical (unpaired) electrons. The van der Waals surface area contributed by atoms with Crippen LogP contribution in [0.15, 0.2) is 22.8 Å². The fourth-order valence-electron chi connectivity index (χ4n) is 5.44. The molecule has 4 fully saturated rings. The Morgan fingerprint density at radius 2 is 1.81 bits per heavy atom. The van der Waals surface area contributed by atoms with Gasteiger partial charge in [0.2, 0.25) is 0 Å². The third-order valence-corrected chi connectivity index (χ3v) is 6.48. The van der Waals surface area contributed by atoms with Crippen LogP contribution in [0.4, 0.5) is 0 Å². The molecule has 1 aromatic heterocycles. The number of hydrogen-bond donors (Lipinski definition) is 2. The molecule has 21 heavy (non-hydrogen) atoms. The Kier molecular flexibility index (Phi) is 3.26. The number of aromatic nitrogens is 1. The number of halogens is 1. The first kappa shape index (κ1) is 13.9. The van der Waals surface area contributed by atoms with Gasteiger partial charge >= 0.3 is 0 Å². The summed E-state index contributed by atoms with van der Waals surface area (Å²) >= 11 is 8.70. The molecular formula is C16H20BrN3S. The molecule has 0 atom stereocenters. The monoisotopic (exact) mass is 365 g/mol. The number of rotatable bonds is 2. The van der Waals surface area contributed by atoms with Crippen LogP contribution in [0, 0.1) is 23.7 Å². The number of nitrogens with one attached hydrogen (secondary N) is 1. The highest BCUT2D eigenvalue weighted by Crippen LogP contribution is 2.61. The van der Waals surface area contributed by atoms with E-state index in [0.717, 1.165) is 22.0 Å². The zero-order valence-electron chi connectivity index (χ0n) is 11.9. The molecule has 5 heteroatoms. The molecule has 4 aliphatic rings. The van der Waals surface area contributed by atoms with Gasteiger partial charge in [-0.05, 0) is 96.1 Å². The molecule has 3 N–H and O–H groups in total. The van der Waals surface area contributed by atoms with Crippen molar-refractivity contribution in [3.05, 3.63) is 28.5 Å². The molecule has 1 heterocycles. The first-order chi connectivity index (χ1) is 10.1. The predicted molar refractivity (Wildman–Crippen MR) is 90.6 cm³/mol. The second-order valence-corrected chi connectivity index (χ2v) is 8.38. The topological polar surface area (TPSA) is 50.9 Å². The molecule has 4 saturated carbocycles. The second kappa shape index (κ2) is 4.92. The molecule has 4 bridgehead atoms. The highest BCUT2D eigenvalue weighted by molar-refractivity contribution is 9.10. The van der Waals surface area contributed by atoms with Crippen LogP contribution in [0.1, 0.15) is 37.8 Å². The van der Waals surface area contributed by atoms with Gasteiger partial charge in [0.05, 0.1) is 11.2 Å². The Morgan fingerprint density at radius 3 is 2.29 bits per heavy atom. The lowest BCUT2D eigenvalue weighted by molar-refractivity contribution is -0.0706. The highest BCUT2D eigenvalue weighted by Gasteiger charge is 2.58. The lowest BCUT2D eigenvalue weighted by atomic mass is 9.47. The minimum atomic E-state index is -0.139. The Hall–Kier alpha value is -0.680. The molecule has 0 saturated heterocycles. The van der Waals surface area contributed by atoms with Crippen molar-refractivity contribution in [3.8, 4) is 0 Å². The molecule has 5 rings (SSSR count). The standard InChI is InChI=1S/C16H20BrN3S/c17-13-1-2-14(19-8-13)16(20-15(18)21)11-4-9-3-10(6-11)7-12(16)5-9/h1-2,8-12H,3-7H2,(H3,18,20,21). The van der Waals surface area contributed by atoms with Crippen LogP contribution in [-0.4, -0.2) is 10.1 Å². The van der Waals surface area contributed by atoms with Gasteiger partial charge in [-0.15, -0.1) is 0 Å². The van der Waals surface area contributed by atoms with Crippen LogP contribution in [0.2, 0.25) is 0 Å². The van der Waals surface area contributed by atoms with Crippen LogP contribution >= 0.6 is 28.1 Å². The number of nitrogens with two attached hydrogens (primary N) is 1. The SMILES string of the molecule is NC(=S)NC1(c2ccc(Br)cn2)C2CC3CC(C2)CC1C3. The molecular weight excluding hydrogens is 346 g/mol. The molecule has 3 nitrogen and oxygen atoms in total. The number of nitrogens with zero attached hydrogens (tertiary/aromatic N) is 1. The minimum Gasteiger partial charge on any atom is -0.376 e. The third-order valence-electron chi connectivity index (χ3n) is 5.91. The molecule has 0 aromatic carbocycles. The van der Waals surface area contributed by atoms with Crippen LogP contribution in [0.25, 0.3) is 0 Å². The lowest BCUT2D eigenvalue weighted by Gasteiger charge is -2.61. The van der Waals surface area contributed by atoms with Gasteiger partial charge in [-0.2, -0.15) is 0 Å². The van der Waals surface area contributed by atoms with E-state index in [1.54, 1.807) is 0 Å². The van der Waals surface area contributed by atoms with Crippen LogP contribution in [-0.2, 0) is 5.54 Å². The van der Waals surface area contributed by atoms with Crippen molar-refractivity contribution in [1.82, 2.24) is 10.3 Å². The molecule has 0 spiro atoms. The molecule has 0 amide bonds. The van der Waals surface area contributed by atoms with Gasteiger partial charge in [-0.1, -0.05) is 0 Å². The van der Waals surface area contributed by atoms with E-state index < -0.39 is 0 Å². The average Bonchev–Trinajstić information content (AvgIpc) is 2.43. The van der Waals surface area contributed by atoms with Crippen molar-refractivity contribution in [3.63, 3.8) is 0 Å². The summed E-state index contributed by atoms with van der Waals surface area (Å²) in [4.78, 5) is 4.72. The van der Waals surface area contributed by atoms with Crippen LogP contribution in [0.3, 0.4) is 0 Å². The van der Waals surface area contributed by atoms with Crippen molar-refractivity contribution in [2.45, 2.75) is 37.6 Å². The summed E-state index contributed by atoms with van der Waals surface area (Å²) in [7, 11) is 0. The fraction of sp³-hybridized carbons (Fsp3) is 0.625. The van der Waals surface area contributed by atoms with E-state index in [4.69, 9.17) is 22.9 Å². The van der Waals surface area contributed by atoms with Crippen LogP contribution < -0.4 is 11.1 Å². The Labute approximate surface area is 139 Å².